The zero-order valence-corrected chi connectivity index (χ0v) is 11.0. The van der Waals surface area contributed by atoms with E-state index >= 15 is 0 Å². The molecule has 0 radical (unpaired) electrons. The van der Waals surface area contributed by atoms with Gasteiger partial charge in [0.1, 0.15) is 0 Å². The molecule has 0 aromatic heterocycles. The molecule has 0 aromatic rings. The highest BCUT2D eigenvalue weighted by Gasteiger charge is 2.37. The molecule has 16 heavy (non-hydrogen) atoms. The number of likely N-dealkylation sites (tertiary alicyclic amines) is 1. The van der Waals surface area contributed by atoms with Crippen LogP contribution in [-0.2, 0) is 9.84 Å². The number of piperidine rings is 1. The Kier molecular flexibility index (Phi) is 3.29. The first kappa shape index (κ1) is 12.3. The highest BCUT2D eigenvalue weighted by molar-refractivity contribution is 7.91. The fraction of sp³-hybridized carbons (Fsp3) is 1.00. The monoisotopic (exact) mass is 246 g/mol. The minimum Gasteiger partial charge on any atom is -0.313 e. The highest BCUT2D eigenvalue weighted by Crippen LogP contribution is 2.26. The molecular formula is C11H22N2O2S. The van der Waals surface area contributed by atoms with E-state index in [1.165, 1.54) is 6.42 Å². The lowest BCUT2D eigenvalue weighted by Crippen LogP contribution is -2.56. The molecule has 4 nitrogen and oxygen atoms in total. The van der Waals surface area contributed by atoms with Crippen molar-refractivity contribution >= 4 is 9.84 Å². The summed E-state index contributed by atoms with van der Waals surface area (Å²) >= 11 is 0. The smallest absolute Gasteiger partial charge is 0.151 e. The summed E-state index contributed by atoms with van der Waals surface area (Å²) in [7, 11) is -0.756. The maximum atomic E-state index is 11.5. The Bertz CT molecular complexity index is 355. The molecule has 2 fully saturated rings. The first-order valence-corrected chi connectivity index (χ1v) is 7.90. The zero-order chi connectivity index (χ0) is 11.8. The summed E-state index contributed by atoms with van der Waals surface area (Å²) in [6, 6.07) is 0.262. The van der Waals surface area contributed by atoms with E-state index in [0.29, 0.717) is 11.5 Å². The lowest BCUT2D eigenvalue weighted by Gasteiger charge is -2.42. The molecule has 2 atom stereocenters. The summed E-state index contributed by atoms with van der Waals surface area (Å²) in [5.41, 5.74) is 0.157. The van der Waals surface area contributed by atoms with Gasteiger partial charge in [0.2, 0.25) is 0 Å². The Hall–Kier alpha value is -0.130. The second-order valence-corrected chi connectivity index (χ2v) is 7.67. The third-order valence-corrected chi connectivity index (χ3v) is 5.80. The minimum atomic E-state index is -2.75. The molecule has 0 aliphatic carbocycles. The van der Waals surface area contributed by atoms with E-state index < -0.39 is 9.84 Å². The molecule has 0 amide bonds. The molecule has 5 heteroatoms. The molecule has 0 spiro atoms. The first-order valence-electron chi connectivity index (χ1n) is 6.07. The zero-order valence-electron chi connectivity index (χ0n) is 10.2. The normalized spacial score (nSPS) is 40.0. The van der Waals surface area contributed by atoms with Crippen LogP contribution in [0.25, 0.3) is 0 Å². The predicted octanol–water partition coefficient (Wildman–Crippen LogP) is 0.247. The fourth-order valence-corrected chi connectivity index (χ4v) is 4.62. The van der Waals surface area contributed by atoms with Gasteiger partial charge in [-0.2, -0.15) is 0 Å². The van der Waals surface area contributed by atoms with Crippen molar-refractivity contribution in [3.63, 3.8) is 0 Å². The van der Waals surface area contributed by atoms with Crippen LogP contribution in [0.15, 0.2) is 0 Å². The summed E-state index contributed by atoms with van der Waals surface area (Å²) < 4.78 is 22.9. The Morgan fingerprint density at radius 2 is 2.19 bits per heavy atom. The van der Waals surface area contributed by atoms with Crippen molar-refractivity contribution in [2.45, 2.75) is 37.8 Å². The number of hydrogen-bond donors (Lipinski definition) is 1. The molecule has 2 heterocycles. The van der Waals surface area contributed by atoms with Crippen molar-refractivity contribution in [3.05, 3.63) is 0 Å². The molecule has 2 saturated heterocycles. The van der Waals surface area contributed by atoms with Crippen molar-refractivity contribution < 1.29 is 8.42 Å². The van der Waals surface area contributed by atoms with Crippen molar-refractivity contribution in [2.24, 2.45) is 0 Å². The number of sulfone groups is 1. The molecule has 1 N–H and O–H groups in total. The van der Waals surface area contributed by atoms with Crippen LogP contribution in [0.3, 0.4) is 0 Å². The lowest BCUT2D eigenvalue weighted by molar-refractivity contribution is 0.106. The second-order valence-electron chi connectivity index (χ2n) is 5.44. The van der Waals surface area contributed by atoms with Crippen LogP contribution < -0.4 is 5.32 Å². The lowest BCUT2D eigenvalue weighted by atomic mass is 9.90. The van der Waals surface area contributed by atoms with Crippen LogP contribution in [0.2, 0.25) is 0 Å². The molecule has 0 aromatic carbocycles. The molecule has 2 aliphatic rings. The highest BCUT2D eigenvalue weighted by atomic mass is 32.2. The van der Waals surface area contributed by atoms with Crippen LogP contribution in [0.1, 0.15) is 26.2 Å². The van der Waals surface area contributed by atoms with Crippen LogP contribution in [0.4, 0.5) is 0 Å². The topological polar surface area (TPSA) is 49.4 Å². The number of likely N-dealkylation sites (N-methyl/N-ethyl adjacent to an activating group) is 1. The quantitative estimate of drug-likeness (QED) is 0.759. The van der Waals surface area contributed by atoms with Gasteiger partial charge in [0.05, 0.1) is 11.5 Å². The number of nitrogens with zero attached hydrogens (tertiary/aromatic N) is 1. The molecule has 2 aliphatic heterocycles. The third kappa shape index (κ3) is 2.57. The van der Waals surface area contributed by atoms with Gasteiger partial charge in [-0.05, 0) is 39.8 Å². The molecule has 2 unspecified atom stereocenters. The van der Waals surface area contributed by atoms with Gasteiger partial charge < -0.3 is 5.32 Å². The summed E-state index contributed by atoms with van der Waals surface area (Å²) in [5.74, 6) is 0.747. The van der Waals surface area contributed by atoms with Crippen molar-refractivity contribution in [3.8, 4) is 0 Å². The average Bonchev–Trinajstić information content (AvgIpc) is 2.59. The van der Waals surface area contributed by atoms with Gasteiger partial charge in [-0.15, -0.1) is 0 Å². The SMILES string of the molecule is CNC1(C)CCCN(C2CCS(=O)(=O)C2)C1. The molecule has 0 saturated carbocycles. The second kappa shape index (κ2) is 4.27. The van der Waals surface area contributed by atoms with Crippen molar-refractivity contribution in [1.82, 2.24) is 10.2 Å². The minimum absolute atomic E-state index is 0.157. The van der Waals surface area contributed by atoms with Gasteiger partial charge >= 0.3 is 0 Å². The van der Waals surface area contributed by atoms with Crippen molar-refractivity contribution in [1.29, 1.82) is 0 Å². The summed E-state index contributed by atoms with van der Waals surface area (Å²) in [4.78, 5) is 2.37. The maximum absolute atomic E-state index is 11.5. The van der Waals surface area contributed by atoms with E-state index in [9.17, 15) is 8.42 Å². The Morgan fingerprint density at radius 1 is 1.44 bits per heavy atom. The molecule has 0 bridgehead atoms. The van der Waals surface area contributed by atoms with E-state index in [1.807, 2.05) is 7.05 Å². The van der Waals surface area contributed by atoms with Crippen LogP contribution in [-0.4, -0.2) is 56.5 Å². The van der Waals surface area contributed by atoms with E-state index in [-0.39, 0.29) is 11.6 Å². The summed E-state index contributed by atoms with van der Waals surface area (Å²) in [5, 5.41) is 3.36. The molecular weight excluding hydrogens is 224 g/mol. The largest absolute Gasteiger partial charge is 0.313 e. The van der Waals surface area contributed by atoms with E-state index in [2.05, 4.69) is 17.1 Å². The standard InChI is InChI=1S/C11H22N2O2S/c1-11(12-2)5-3-6-13(9-11)10-4-7-16(14,15)8-10/h10,12H,3-9H2,1-2H3. The van der Waals surface area contributed by atoms with Gasteiger partial charge in [0.25, 0.3) is 0 Å². The fourth-order valence-electron chi connectivity index (χ4n) is 2.86. The Morgan fingerprint density at radius 3 is 2.75 bits per heavy atom. The van der Waals surface area contributed by atoms with E-state index in [0.717, 1.165) is 25.9 Å². The summed E-state index contributed by atoms with van der Waals surface area (Å²) in [6.07, 6.45) is 3.16. The van der Waals surface area contributed by atoms with Gasteiger partial charge in [0.15, 0.2) is 9.84 Å². The third-order valence-electron chi connectivity index (χ3n) is 4.05. The number of nitrogens with one attached hydrogen (secondary N) is 1. The average molecular weight is 246 g/mol. The van der Waals surface area contributed by atoms with Gasteiger partial charge in [-0.25, -0.2) is 8.42 Å². The maximum Gasteiger partial charge on any atom is 0.151 e. The number of rotatable bonds is 2. The Balaban J connectivity index is 2.01. The van der Waals surface area contributed by atoms with Gasteiger partial charge in [-0.3, -0.25) is 4.90 Å². The van der Waals surface area contributed by atoms with E-state index in [1.54, 1.807) is 0 Å². The van der Waals surface area contributed by atoms with Gasteiger partial charge in [-0.1, -0.05) is 0 Å². The predicted molar refractivity (Wildman–Crippen MR) is 65.3 cm³/mol. The van der Waals surface area contributed by atoms with Gasteiger partial charge in [0, 0.05) is 18.1 Å². The molecule has 2 rings (SSSR count). The first-order chi connectivity index (χ1) is 7.44. The Labute approximate surface area is 98.3 Å². The summed E-state index contributed by atoms with van der Waals surface area (Å²) in [6.45, 7) is 4.25. The molecule has 94 valence electrons. The van der Waals surface area contributed by atoms with E-state index in [4.69, 9.17) is 0 Å². The van der Waals surface area contributed by atoms with Crippen LogP contribution in [0.5, 0.6) is 0 Å². The van der Waals surface area contributed by atoms with Crippen LogP contribution >= 0.6 is 0 Å². The number of hydrogen-bond acceptors (Lipinski definition) is 4. The van der Waals surface area contributed by atoms with Crippen LogP contribution in [0, 0.1) is 0 Å². The van der Waals surface area contributed by atoms with Crippen molar-refractivity contribution in [2.75, 3.05) is 31.6 Å².